The minimum absolute atomic E-state index is 0. The van der Waals surface area contributed by atoms with Crippen LogP contribution in [0, 0.1) is 0 Å². The number of carbonyl (C=O) groups is 2. The van der Waals surface area contributed by atoms with Crippen molar-refractivity contribution in [3.63, 3.8) is 0 Å². The first kappa shape index (κ1) is 30.1. The molecule has 1 heterocycles. The molecule has 0 unspecified atom stereocenters. The van der Waals surface area contributed by atoms with Gasteiger partial charge in [0.05, 0.1) is 26.2 Å². The van der Waals surface area contributed by atoms with Gasteiger partial charge in [0.2, 0.25) is 0 Å². The zero-order chi connectivity index (χ0) is 23.6. The van der Waals surface area contributed by atoms with Crippen LogP contribution in [-0.4, -0.2) is 48.5 Å². The average Bonchev–Trinajstić information content (AvgIpc) is 3.10. The van der Waals surface area contributed by atoms with Crippen LogP contribution in [0.3, 0.4) is 0 Å². The predicted octanol–water partition coefficient (Wildman–Crippen LogP) is 2.62. The smallest absolute Gasteiger partial charge is 0.479 e. The van der Waals surface area contributed by atoms with Gasteiger partial charge in [-0.25, -0.2) is 0 Å². The molecule has 1 aliphatic heterocycles. The van der Waals surface area contributed by atoms with E-state index in [-0.39, 0.29) is 50.4 Å². The molecular weight excluding hydrogens is 658 g/mol. The summed E-state index contributed by atoms with van der Waals surface area (Å²) in [6, 6.07) is -0.784. The van der Waals surface area contributed by atoms with Crippen LogP contribution in [0.25, 0.3) is 0 Å². The minimum Gasteiger partial charge on any atom is -0.494 e. The van der Waals surface area contributed by atoms with E-state index in [1.807, 2.05) is 0 Å². The van der Waals surface area contributed by atoms with E-state index < -0.39 is 41.2 Å². The van der Waals surface area contributed by atoms with Gasteiger partial charge in [-0.1, -0.05) is 12.7 Å². The summed E-state index contributed by atoms with van der Waals surface area (Å²) in [4.78, 5) is 36.0. The molecule has 2 amide bonds. The molecule has 0 spiro atoms. The number of rotatable bonds is 11. The molecule has 0 saturated carbocycles. The maximum atomic E-state index is 12.9. The average molecular weight is 676 g/mol. The fourth-order valence-corrected chi connectivity index (χ4v) is 2.79. The second-order valence-corrected chi connectivity index (χ2v) is 6.64. The molecule has 0 aromatic carbocycles. The van der Waals surface area contributed by atoms with Gasteiger partial charge in [0.25, 0.3) is 0 Å². The van der Waals surface area contributed by atoms with Gasteiger partial charge in [0.1, 0.15) is 11.5 Å². The summed E-state index contributed by atoms with van der Waals surface area (Å²) in [5.41, 5.74) is -5.05. The Morgan fingerprint density at radius 3 is 2.56 bits per heavy atom. The van der Waals surface area contributed by atoms with Crippen molar-refractivity contribution in [3.05, 3.63) is 47.9 Å². The number of halogens is 3. The number of amides is 2. The SMILES string of the molecule is C=C/C(OC(C)=O)=C(\C=C(/N[C-]=O)C(=O)N1C=C(OSC(F)(F)F)C[C@H]1COS)OC.[Ir]. The maximum Gasteiger partial charge on any atom is 0.479 e. The number of nitrogens with zero attached hydrogens (tertiary/aromatic N) is 1. The molecule has 0 saturated heterocycles. The summed E-state index contributed by atoms with van der Waals surface area (Å²) in [6.45, 7) is 4.43. The van der Waals surface area contributed by atoms with Crippen LogP contribution >= 0.6 is 25.0 Å². The Morgan fingerprint density at radius 2 is 2.09 bits per heavy atom. The van der Waals surface area contributed by atoms with Gasteiger partial charge in [-0.15, -0.1) is 0 Å². The molecule has 1 atom stereocenters. The zero-order valence-electron chi connectivity index (χ0n) is 16.6. The van der Waals surface area contributed by atoms with E-state index in [1.165, 1.54) is 13.5 Å². The van der Waals surface area contributed by atoms with Gasteiger partial charge in [-0.3, -0.25) is 9.59 Å². The van der Waals surface area contributed by atoms with Crippen LogP contribution in [0.5, 0.6) is 0 Å². The topological polar surface area (TPSA) is 103 Å². The number of ether oxygens (including phenoxy) is 2. The second-order valence-electron chi connectivity index (χ2n) is 5.59. The Labute approximate surface area is 205 Å². The first-order valence-electron chi connectivity index (χ1n) is 8.22. The standard InChI is InChI=1S/C17H18F3N2O7S2.Ir/c1-4-14(28-10(2)24)15(26-3)6-13(21-9-23)16(25)22-7-12(5-11(22)8-27-30)29-31-17(18,19)20;/h4,6-7,11,30H,1,5,8H2,2-3H3,(H,21,23);/q-1;/b13-6-,15-14-;/t11-;/m0./s1. The third-order valence-corrected chi connectivity index (χ3v) is 4.09. The van der Waals surface area contributed by atoms with Crippen molar-refractivity contribution in [1.82, 2.24) is 10.2 Å². The van der Waals surface area contributed by atoms with Crippen LogP contribution in [0.2, 0.25) is 0 Å². The molecule has 1 N–H and O–H groups in total. The Morgan fingerprint density at radius 1 is 1.44 bits per heavy atom. The van der Waals surface area contributed by atoms with Gasteiger partial charge < -0.3 is 32.9 Å². The molecule has 0 aliphatic carbocycles. The molecule has 32 heavy (non-hydrogen) atoms. The largest absolute Gasteiger partial charge is 0.494 e. The quantitative estimate of drug-likeness (QED) is 0.0504. The number of hydrogen-bond acceptors (Lipinski definition) is 9. The van der Waals surface area contributed by atoms with Crippen LogP contribution in [0.1, 0.15) is 13.3 Å². The molecule has 0 fully saturated rings. The first-order chi connectivity index (χ1) is 14.6. The normalized spacial score (nSPS) is 16.8. The molecule has 0 aromatic heterocycles. The van der Waals surface area contributed by atoms with Gasteiger partial charge in [0, 0.05) is 39.6 Å². The Kier molecular flexibility index (Phi) is 13.4. The van der Waals surface area contributed by atoms with E-state index in [2.05, 4.69) is 29.0 Å². The van der Waals surface area contributed by atoms with Crippen molar-refractivity contribution in [3.8, 4) is 0 Å². The molecule has 0 aromatic rings. The molecule has 181 valence electrons. The number of nitrogens with one attached hydrogen (secondary N) is 1. The van der Waals surface area contributed by atoms with Crippen molar-refractivity contribution in [1.29, 1.82) is 0 Å². The molecule has 0 bridgehead atoms. The Hall–Kier alpha value is -1.93. The minimum atomic E-state index is -4.65. The number of thiol groups is 1. The number of alkyl halides is 3. The molecule has 9 nitrogen and oxygen atoms in total. The van der Waals surface area contributed by atoms with E-state index in [0.29, 0.717) is 0 Å². The monoisotopic (exact) mass is 676 g/mol. The summed E-state index contributed by atoms with van der Waals surface area (Å²) in [6.07, 6.45) is 4.42. The summed E-state index contributed by atoms with van der Waals surface area (Å²) >= 11 is 2.87. The first-order valence-corrected chi connectivity index (χ1v) is 9.33. The zero-order valence-corrected chi connectivity index (χ0v) is 20.7. The Balaban J connectivity index is 0.00000961. The molecular formula is C17H18F3IrN2O7S2-. The number of esters is 1. The van der Waals surface area contributed by atoms with Gasteiger partial charge in [-0.2, -0.15) is 13.2 Å². The third kappa shape index (κ3) is 9.69. The molecule has 15 heteroatoms. The summed E-state index contributed by atoms with van der Waals surface area (Å²) in [5, 5.41) is 2.05. The fourth-order valence-electron chi connectivity index (χ4n) is 2.30. The van der Waals surface area contributed by atoms with Crippen LogP contribution in [-0.2, 0) is 52.3 Å². The number of allylic oxidation sites excluding steroid dienone is 2. The van der Waals surface area contributed by atoms with E-state index in [9.17, 15) is 27.6 Å². The van der Waals surface area contributed by atoms with E-state index >= 15 is 0 Å². The van der Waals surface area contributed by atoms with E-state index in [1.54, 1.807) is 0 Å². The second kappa shape index (κ2) is 14.3. The molecule has 1 aliphatic rings. The van der Waals surface area contributed by atoms with Crippen molar-refractivity contribution in [2.24, 2.45) is 0 Å². The summed E-state index contributed by atoms with van der Waals surface area (Å²) < 4.78 is 56.5. The van der Waals surface area contributed by atoms with Gasteiger partial charge >= 0.3 is 11.5 Å². The maximum absolute atomic E-state index is 12.9. The summed E-state index contributed by atoms with van der Waals surface area (Å²) in [5.74, 6) is -2.01. The number of methoxy groups -OCH3 is 1. The van der Waals surface area contributed by atoms with Crippen molar-refractivity contribution < 1.29 is 65.5 Å². The summed E-state index contributed by atoms with van der Waals surface area (Å²) in [7, 11) is 1.21. The van der Waals surface area contributed by atoms with Crippen molar-refractivity contribution in [2.75, 3.05) is 13.7 Å². The van der Waals surface area contributed by atoms with Crippen LogP contribution < -0.4 is 5.32 Å². The van der Waals surface area contributed by atoms with E-state index in [4.69, 9.17) is 13.7 Å². The van der Waals surface area contributed by atoms with Crippen molar-refractivity contribution in [2.45, 2.75) is 24.9 Å². The van der Waals surface area contributed by atoms with Crippen molar-refractivity contribution >= 4 is 43.2 Å². The molecule has 1 radical (unpaired) electrons. The van der Waals surface area contributed by atoms with Crippen LogP contribution in [0.15, 0.2) is 47.9 Å². The fraction of sp³-hybridized carbons (Fsp3) is 0.353. The van der Waals surface area contributed by atoms with Crippen LogP contribution in [0.4, 0.5) is 13.2 Å². The van der Waals surface area contributed by atoms with Gasteiger partial charge in [0.15, 0.2) is 23.7 Å². The molecule has 1 rings (SSSR count). The predicted molar refractivity (Wildman–Crippen MR) is 106 cm³/mol. The van der Waals surface area contributed by atoms with Gasteiger partial charge in [-0.05, 0) is 24.7 Å². The third-order valence-electron chi connectivity index (χ3n) is 3.45. The Bertz CT molecular complexity index is 804. The number of carbonyl (C=O) groups excluding carboxylic acids is 3. The van der Waals surface area contributed by atoms with E-state index in [0.717, 1.165) is 30.2 Å². The number of hydrogen-bond donors (Lipinski definition) is 2.